The summed E-state index contributed by atoms with van der Waals surface area (Å²) < 4.78 is 4.94. The van der Waals surface area contributed by atoms with E-state index in [1.165, 1.54) is 0 Å². The molecule has 2 nitrogen and oxygen atoms in total. The summed E-state index contributed by atoms with van der Waals surface area (Å²) in [5.74, 6) is 0. The summed E-state index contributed by atoms with van der Waals surface area (Å²) in [5.41, 5.74) is 1.01. The maximum atomic E-state index is 4.09. The third kappa shape index (κ3) is 2.29. The molecule has 0 atom stereocenters. The smallest absolute Gasteiger partial charge is 0.258 e. The van der Waals surface area contributed by atoms with E-state index in [4.69, 9.17) is 0 Å². The monoisotopic (exact) mass is 391 g/mol. The van der Waals surface area contributed by atoms with Gasteiger partial charge in [0, 0.05) is 38.7 Å². The fourth-order valence-electron chi connectivity index (χ4n) is 1.18. The molecule has 2 heterocycles. The molecule has 0 bridgehead atoms. The Labute approximate surface area is 113 Å². The number of aromatic nitrogens is 2. The second-order valence-electron chi connectivity index (χ2n) is 2.85. The summed E-state index contributed by atoms with van der Waals surface area (Å²) in [4.78, 5) is 4.09. The van der Waals surface area contributed by atoms with Crippen molar-refractivity contribution in [3.05, 3.63) is 50.3 Å². The SMILES string of the molecule is Brc1cc[n+](-c2cccnc2)c(Br)c1Br. The molecule has 0 fully saturated rings. The molecule has 0 aliphatic rings. The van der Waals surface area contributed by atoms with Gasteiger partial charge in [0.1, 0.15) is 4.47 Å². The first-order valence-corrected chi connectivity index (χ1v) is 6.53. The van der Waals surface area contributed by atoms with Crippen LogP contribution in [-0.4, -0.2) is 4.98 Å². The van der Waals surface area contributed by atoms with E-state index in [2.05, 4.69) is 52.8 Å². The molecule has 0 saturated heterocycles. The molecule has 0 unspecified atom stereocenters. The lowest BCUT2D eigenvalue weighted by molar-refractivity contribution is -0.608. The van der Waals surface area contributed by atoms with Crippen molar-refractivity contribution in [3.8, 4) is 5.69 Å². The van der Waals surface area contributed by atoms with Crippen LogP contribution < -0.4 is 4.57 Å². The minimum atomic E-state index is 0.949. The molecule has 0 aromatic carbocycles. The summed E-state index contributed by atoms with van der Waals surface area (Å²) in [7, 11) is 0. The van der Waals surface area contributed by atoms with Crippen molar-refractivity contribution in [3.63, 3.8) is 0 Å². The van der Waals surface area contributed by atoms with E-state index in [1.807, 2.05) is 35.2 Å². The second-order valence-corrected chi connectivity index (χ2v) is 5.25. The highest BCUT2D eigenvalue weighted by Gasteiger charge is 2.16. The molecule has 0 aliphatic carbocycles. The summed E-state index contributed by atoms with van der Waals surface area (Å²) in [6.07, 6.45) is 5.53. The van der Waals surface area contributed by atoms with Gasteiger partial charge in [-0.3, -0.25) is 4.98 Å². The van der Waals surface area contributed by atoms with Crippen LogP contribution in [0.15, 0.2) is 50.3 Å². The molecule has 2 aromatic heterocycles. The Morgan fingerprint density at radius 3 is 2.60 bits per heavy atom. The molecule has 2 rings (SSSR count). The Balaban J connectivity index is 2.60. The van der Waals surface area contributed by atoms with Gasteiger partial charge < -0.3 is 0 Å². The van der Waals surface area contributed by atoms with Gasteiger partial charge >= 0.3 is 0 Å². The van der Waals surface area contributed by atoms with Crippen molar-refractivity contribution in [2.45, 2.75) is 0 Å². The van der Waals surface area contributed by atoms with Crippen molar-refractivity contribution in [2.75, 3.05) is 0 Å². The Hall–Kier alpha value is -0.260. The molecule has 2 aromatic rings. The number of rotatable bonds is 1. The van der Waals surface area contributed by atoms with Crippen molar-refractivity contribution in [1.29, 1.82) is 0 Å². The first-order chi connectivity index (χ1) is 7.20. The van der Waals surface area contributed by atoms with Gasteiger partial charge in [-0.05, 0) is 37.9 Å². The Morgan fingerprint density at radius 2 is 1.93 bits per heavy atom. The summed E-state index contributed by atoms with van der Waals surface area (Å²) >= 11 is 10.5. The van der Waals surface area contributed by atoms with E-state index < -0.39 is 0 Å². The van der Waals surface area contributed by atoms with Crippen molar-refractivity contribution >= 4 is 47.8 Å². The standard InChI is InChI=1S/C10H6Br3N2/c11-8-3-5-15(10(13)9(8)12)7-2-1-4-14-6-7/h1-6H/q+1. The van der Waals surface area contributed by atoms with E-state index in [9.17, 15) is 0 Å². The Morgan fingerprint density at radius 1 is 1.13 bits per heavy atom. The molecule has 0 aliphatic heterocycles. The van der Waals surface area contributed by atoms with Crippen LogP contribution >= 0.6 is 47.8 Å². The molecule has 0 spiro atoms. The van der Waals surface area contributed by atoms with Gasteiger partial charge in [0.05, 0.1) is 6.20 Å². The fraction of sp³-hybridized carbons (Fsp3) is 0. The van der Waals surface area contributed by atoms with E-state index in [0.717, 1.165) is 19.2 Å². The predicted molar refractivity (Wildman–Crippen MR) is 68.9 cm³/mol. The lowest BCUT2D eigenvalue weighted by Gasteiger charge is -2.00. The zero-order valence-electron chi connectivity index (χ0n) is 7.49. The quantitative estimate of drug-likeness (QED) is 0.534. The first-order valence-electron chi connectivity index (χ1n) is 4.15. The normalized spacial score (nSPS) is 10.3. The molecule has 5 heteroatoms. The van der Waals surface area contributed by atoms with Gasteiger partial charge in [-0.2, -0.15) is 4.57 Å². The second kappa shape index (κ2) is 4.72. The van der Waals surface area contributed by atoms with Crippen LogP contribution in [0.4, 0.5) is 0 Å². The van der Waals surface area contributed by atoms with Gasteiger partial charge in [0.25, 0.3) is 4.60 Å². The Kier molecular flexibility index (Phi) is 3.53. The van der Waals surface area contributed by atoms with Crippen LogP contribution in [0.2, 0.25) is 0 Å². The minimum absolute atomic E-state index is 0.949. The lowest BCUT2D eigenvalue weighted by atomic mass is 10.4. The molecule has 0 radical (unpaired) electrons. The highest BCUT2D eigenvalue weighted by Crippen LogP contribution is 2.28. The number of hydrogen-bond acceptors (Lipinski definition) is 1. The topological polar surface area (TPSA) is 16.8 Å². The van der Waals surface area contributed by atoms with E-state index in [0.29, 0.717) is 0 Å². The first kappa shape index (κ1) is 11.2. The largest absolute Gasteiger partial charge is 0.269 e. The van der Waals surface area contributed by atoms with Gasteiger partial charge in [0.2, 0.25) is 5.69 Å². The van der Waals surface area contributed by atoms with Crippen LogP contribution in [0.5, 0.6) is 0 Å². The predicted octanol–water partition coefficient (Wildman–Crippen LogP) is 3.65. The summed E-state index contributed by atoms with van der Waals surface area (Å²) in [6, 6.07) is 5.88. The van der Waals surface area contributed by atoms with Crippen molar-refractivity contribution in [1.82, 2.24) is 4.98 Å². The molecular weight excluding hydrogens is 388 g/mol. The highest BCUT2D eigenvalue weighted by atomic mass is 79.9. The zero-order valence-corrected chi connectivity index (χ0v) is 12.3. The molecule has 0 saturated carbocycles. The van der Waals surface area contributed by atoms with E-state index in [1.54, 1.807) is 6.20 Å². The third-order valence-corrected chi connectivity index (χ3v) is 5.20. The number of hydrogen-bond donors (Lipinski definition) is 0. The van der Waals surface area contributed by atoms with Crippen LogP contribution in [0.3, 0.4) is 0 Å². The van der Waals surface area contributed by atoms with Gasteiger partial charge in [-0.15, -0.1) is 0 Å². The van der Waals surface area contributed by atoms with Crippen LogP contribution in [0.25, 0.3) is 5.69 Å². The summed E-state index contributed by atoms with van der Waals surface area (Å²) in [6.45, 7) is 0. The molecule has 0 N–H and O–H groups in total. The molecule has 76 valence electrons. The van der Waals surface area contributed by atoms with Crippen molar-refractivity contribution < 1.29 is 4.57 Å². The molecule has 15 heavy (non-hydrogen) atoms. The van der Waals surface area contributed by atoms with Gasteiger partial charge in [-0.25, -0.2) is 0 Å². The average Bonchev–Trinajstić information content (AvgIpc) is 2.27. The summed E-state index contributed by atoms with van der Waals surface area (Å²) in [5, 5.41) is 0. The number of pyridine rings is 2. The number of halogens is 3. The van der Waals surface area contributed by atoms with Gasteiger partial charge in [0.15, 0.2) is 6.20 Å². The van der Waals surface area contributed by atoms with Crippen molar-refractivity contribution in [2.24, 2.45) is 0 Å². The average molecular weight is 394 g/mol. The minimum Gasteiger partial charge on any atom is -0.258 e. The highest BCUT2D eigenvalue weighted by molar-refractivity contribution is 9.14. The van der Waals surface area contributed by atoms with Gasteiger partial charge in [-0.1, -0.05) is 0 Å². The fourth-order valence-corrected chi connectivity index (χ4v) is 2.61. The maximum absolute atomic E-state index is 4.09. The molecule has 0 amide bonds. The van der Waals surface area contributed by atoms with Crippen LogP contribution in [-0.2, 0) is 0 Å². The van der Waals surface area contributed by atoms with E-state index >= 15 is 0 Å². The Bertz CT molecular complexity index is 486. The zero-order chi connectivity index (χ0) is 10.8. The maximum Gasteiger partial charge on any atom is 0.269 e. The number of nitrogens with zero attached hydrogens (tertiary/aromatic N) is 2. The van der Waals surface area contributed by atoms with Crippen LogP contribution in [0, 0.1) is 0 Å². The lowest BCUT2D eigenvalue weighted by Crippen LogP contribution is -2.32. The van der Waals surface area contributed by atoms with E-state index in [-0.39, 0.29) is 0 Å². The van der Waals surface area contributed by atoms with Crippen LogP contribution in [0.1, 0.15) is 0 Å². The molecular formula is C10H6Br3N2+. The third-order valence-electron chi connectivity index (χ3n) is 1.90.